The maximum atomic E-state index is 12.8. The Morgan fingerprint density at radius 2 is 1.91 bits per heavy atom. The number of aromatic amines is 1. The molecular formula is C12H9F3N4O3. The lowest BCUT2D eigenvalue weighted by Crippen LogP contribution is -2.15. The Labute approximate surface area is 120 Å². The molecule has 2 rings (SSSR count). The zero-order valence-corrected chi connectivity index (χ0v) is 11.1. The van der Waals surface area contributed by atoms with Crippen molar-refractivity contribution in [1.29, 1.82) is 0 Å². The Hall–Kier alpha value is -2.91. The molecule has 0 saturated heterocycles. The zero-order chi connectivity index (χ0) is 16.5. The highest BCUT2D eigenvalue weighted by Gasteiger charge is 2.37. The van der Waals surface area contributed by atoms with Crippen molar-refractivity contribution in [2.45, 2.75) is 6.18 Å². The van der Waals surface area contributed by atoms with Crippen molar-refractivity contribution in [3.63, 3.8) is 0 Å². The van der Waals surface area contributed by atoms with Crippen LogP contribution in [0.15, 0.2) is 34.1 Å². The quantitative estimate of drug-likeness (QED) is 0.535. The second kappa shape index (κ2) is 5.47. The van der Waals surface area contributed by atoms with E-state index in [1.54, 1.807) is 0 Å². The van der Waals surface area contributed by atoms with E-state index in [0.29, 0.717) is 4.68 Å². The lowest BCUT2D eigenvalue weighted by atomic mass is 10.2. The van der Waals surface area contributed by atoms with Crippen LogP contribution in [0.25, 0.3) is 0 Å². The summed E-state index contributed by atoms with van der Waals surface area (Å²) in [6.07, 6.45) is -3.94. The number of hydrogen-bond acceptors (Lipinski definition) is 4. The van der Waals surface area contributed by atoms with E-state index in [9.17, 15) is 28.1 Å². The van der Waals surface area contributed by atoms with Gasteiger partial charge in [0, 0.05) is 25.4 Å². The van der Waals surface area contributed by atoms with Gasteiger partial charge in [-0.2, -0.15) is 13.2 Å². The number of halogens is 3. The van der Waals surface area contributed by atoms with Gasteiger partial charge in [-0.1, -0.05) is 0 Å². The number of aryl methyl sites for hydroxylation is 1. The van der Waals surface area contributed by atoms with Crippen molar-refractivity contribution in [2.24, 2.45) is 12.0 Å². The van der Waals surface area contributed by atoms with E-state index in [-0.39, 0.29) is 11.4 Å². The second-order valence-corrected chi connectivity index (χ2v) is 4.29. The molecule has 7 nitrogen and oxygen atoms in total. The second-order valence-electron chi connectivity index (χ2n) is 4.29. The monoisotopic (exact) mass is 314 g/mol. The van der Waals surface area contributed by atoms with Gasteiger partial charge in [0.25, 0.3) is 11.2 Å². The number of non-ortho nitro benzene ring substituents is 1. The largest absolute Gasteiger partial charge is 0.433 e. The Morgan fingerprint density at radius 1 is 1.32 bits per heavy atom. The summed E-state index contributed by atoms with van der Waals surface area (Å²) in [4.78, 5) is 25.3. The van der Waals surface area contributed by atoms with Crippen molar-refractivity contribution in [3.05, 3.63) is 56.0 Å². The number of nitro benzene ring substituents is 1. The summed E-state index contributed by atoms with van der Waals surface area (Å²) < 4.78 is 39.1. The van der Waals surface area contributed by atoms with Gasteiger partial charge in [-0.25, -0.2) is 0 Å². The predicted octanol–water partition coefficient (Wildman–Crippen LogP) is 2.39. The molecule has 116 valence electrons. The smallest absolute Gasteiger partial charge is 0.291 e. The molecule has 0 aliphatic heterocycles. The van der Waals surface area contributed by atoms with Crippen molar-refractivity contribution in [2.75, 3.05) is 0 Å². The van der Waals surface area contributed by atoms with Gasteiger partial charge >= 0.3 is 6.18 Å². The summed E-state index contributed by atoms with van der Waals surface area (Å²) in [6.45, 7) is 0. The molecule has 22 heavy (non-hydrogen) atoms. The fourth-order valence-electron chi connectivity index (χ4n) is 1.70. The summed E-state index contributed by atoms with van der Waals surface area (Å²) in [6, 6.07) is 4.84. The van der Waals surface area contributed by atoms with E-state index in [1.807, 2.05) is 5.10 Å². The number of nitrogens with zero attached hydrogens (tertiary/aromatic N) is 3. The lowest BCUT2D eigenvalue weighted by Gasteiger charge is -2.03. The minimum Gasteiger partial charge on any atom is -0.291 e. The average Bonchev–Trinajstić information content (AvgIpc) is 2.73. The van der Waals surface area contributed by atoms with E-state index in [0.717, 1.165) is 25.4 Å². The molecule has 1 N–H and O–H groups in total. The molecule has 0 atom stereocenters. The molecule has 1 aromatic heterocycles. The Balaban J connectivity index is 2.38. The van der Waals surface area contributed by atoms with Crippen LogP contribution in [-0.2, 0) is 13.2 Å². The number of nitro groups is 1. The van der Waals surface area contributed by atoms with Gasteiger partial charge < -0.3 is 0 Å². The number of aromatic nitrogens is 2. The summed E-state index contributed by atoms with van der Waals surface area (Å²) in [5, 5.41) is 12.4. The van der Waals surface area contributed by atoms with Crippen molar-refractivity contribution < 1.29 is 18.1 Å². The highest BCUT2D eigenvalue weighted by molar-refractivity contribution is 5.83. The molecule has 0 fully saturated rings. The summed E-state index contributed by atoms with van der Waals surface area (Å²) >= 11 is 0. The third-order valence-corrected chi connectivity index (χ3v) is 2.77. The topological polar surface area (TPSA) is 93.3 Å². The zero-order valence-electron chi connectivity index (χ0n) is 11.1. The van der Waals surface area contributed by atoms with E-state index in [4.69, 9.17) is 0 Å². The van der Waals surface area contributed by atoms with Crippen LogP contribution in [0.4, 0.5) is 24.5 Å². The summed E-state index contributed by atoms with van der Waals surface area (Å²) in [7, 11) is 1.15. The molecule has 0 spiro atoms. The van der Waals surface area contributed by atoms with Crippen LogP contribution in [0.1, 0.15) is 11.3 Å². The van der Waals surface area contributed by atoms with E-state index in [2.05, 4.69) is 4.99 Å². The molecule has 10 heteroatoms. The minimum atomic E-state index is -4.72. The van der Waals surface area contributed by atoms with Crippen LogP contribution < -0.4 is 5.56 Å². The molecule has 1 heterocycles. The fourth-order valence-corrected chi connectivity index (χ4v) is 1.70. The third-order valence-electron chi connectivity index (χ3n) is 2.77. The number of benzene rings is 1. The summed E-state index contributed by atoms with van der Waals surface area (Å²) in [5.74, 6) is 0. The first-order valence-corrected chi connectivity index (χ1v) is 5.85. The highest BCUT2D eigenvalue weighted by Crippen LogP contribution is 2.28. The molecule has 0 unspecified atom stereocenters. The number of nitrogens with one attached hydrogen (secondary N) is 1. The first-order valence-electron chi connectivity index (χ1n) is 5.85. The third kappa shape index (κ3) is 3.05. The fraction of sp³-hybridized carbons (Fsp3) is 0.167. The number of rotatable bonds is 3. The number of alkyl halides is 3. The van der Waals surface area contributed by atoms with Gasteiger partial charge in [-0.3, -0.25) is 29.7 Å². The number of aliphatic imine (C=N–C) groups is 1. The van der Waals surface area contributed by atoms with Crippen molar-refractivity contribution in [1.82, 2.24) is 9.78 Å². The van der Waals surface area contributed by atoms with Gasteiger partial charge in [0.1, 0.15) is 0 Å². The van der Waals surface area contributed by atoms with E-state index < -0.39 is 27.9 Å². The Kier molecular flexibility index (Phi) is 3.85. The van der Waals surface area contributed by atoms with Gasteiger partial charge in [-0.05, 0) is 12.1 Å². The normalized spacial score (nSPS) is 12.0. The van der Waals surface area contributed by atoms with E-state index in [1.165, 1.54) is 12.1 Å². The lowest BCUT2D eigenvalue weighted by molar-refractivity contribution is -0.384. The molecule has 0 bridgehead atoms. The van der Waals surface area contributed by atoms with Crippen LogP contribution in [0.2, 0.25) is 0 Å². The molecule has 2 aromatic rings. The predicted molar refractivity (Wildman–Crippen MR) is 71.4 cm³/mol. The average molecular weight is 314 g/mol. The number of hydrogen-bond donors (Lipinski definition) is 1. The van der Waals surface area contributed by atoms with E-state index >= 15 is 0 Å². The molecule has 0 saturated carbocycles. The Morgan fingerprint density at radius 3 is 2.41 bits per heavy atom. The molecule has 1 aromatic carbocycles. The maximum absolute atomic E-state index is 12.8. The Bertz CT molecular complexity index is 787. The first kappa shape index (κ1) is 15.5. The van der Waals surface area contributed by atoms with Gasteiger partial charge in [0.2, 0.25) is 0 Å². The highest BCUT2D eigenvalue weighted by atomic mass is 19.4. The maximum Gasteiger partial charge on any atom is 0.433 e. The molecular weight excluding hydrogens is 305 g/mol. The van der Waals surface area contributed by atoms with Crippen LogP contribution >= 0.6 is 0 Å². The molecule has 0 aliphatic rings. The summed E-state index contributed by atoms with van der Waals surface area (Å²) in [5.41, 5.74) is -2.70. The van der Waals surface area contributed by atoms with Crippen LogP contribution in [-0.4, -0.2) is 20.9 Å². The van der Waals surface area contributed by atoms with Crippen molar-refractivity contribution in [3.8, 4) is 0 Å². The molecule has 0 amide bonds. The molecule has 0 aliphatic carbocycles. The first-order chi connectivity index (χ1) is 10.2. The number of H-pyrrole nitrogens is 1. The van der Waals surface area contributed by atoms with Gasteiger partial charge in [-0.15, -0.1) is 0 Å². The standard InChI is InChI=1S/C12H9F3N4O3/c1-18-11(20)9(10(17-18)12(13,14)15)6-16-7-2-4-8(5-3-7)19(21)22/h2-6,17H,1H3. The SMILES string of the molecule is Cn1[nH]c(C(F)(F)F)c(C=Nc2ccc([N+](=O)[O-])cc2)c1=O. The van der Waals surface area contributed by atoms with Crippen molar-refractivity contribution >= 4 is 17.6 Å². The van der Waals surface area contributed by atoms with Gasteiger partial charge in [0.05, 0.1) is 16.2 Å². The van der Waals surface area contributed by atoms with Crippen LogP contribution in [0.3, 0.4) is 0 Å². The molecule has 0 radical (unpaired) electrons. The van der Waals surface area contributed by atoms with Gasteiger partial charge in [0.15, 0.2) is 5.69 Å². The van der Waals surface area contributed by atoms with Crippen LogP contribution in [0.5, 0.6) is 0 Å². The van der Waals surface area contributed by atoms with Crippen LogP contribution in [0, 0.1) is 10.1 Å². The minimum absolute atomic E-state index is 0.174.